The third-order valence-corrected chi connectivity index (χ3v) is 11.7. The lowest BCUT2D eigenvalue weighted by atomic mass is 9.85. The van der Waals surface area contributed by atoms with Crippen LogP contribution in [0.25, 0.3) is 102 Å². The Balaban J connectivity index is 1.19. The van der Waals surface area contributed by atoms with E-state index in [0.717, 1.165) is 0 Å². The first kappa shape index (κ1) is 27.7. The van der Waals surface area contributed by atoms with Gasteiger partial charge in [-0.15, -0.1) is 11.3 Å². The average molecular weight is 652 g/mol. The molecule has 0 radical (unpaired) electrons. The lowest BCUT2D eigenvalue weighted by molar-refractivity contribution is 1.18. The van der Waals surface area contributed by atoms with Crippen LogP contribution in [-0.2, 0) is 0 Å². The molecule has 9 aromatic carbocycles. The summed E-state index contributed by atoms with van der Waals surface area (Å²) >= 11 is 1.89. The average Bonchev–Trinajstić information content (AvgIpc) is 3.70. The maximum atomic E-state index is 2.43. The van der Waals surface area contributed by atoms with Crippen molar-refractivity contribution in [3.05, 3.63) is 176 Å². The van der Waals surface area contributed by atoms with Gasteiger partial charge in [-0.25, -0.2) is 0 Å². The number of hydrogen-bond donors (Lipinski definition) is 0. The number of aromatic nitrogens is 1. The second-order valence-electron chi connectivity index (χ2n) is 13.3. The van der Waals surface area contributed by atoms with E-state index in [1.165, 1.54) is 102 Å². The van der Waals surface area contributed by atoms with Gasteiger partial charge in [-0.1, -0.05) is 127 Å². The van der Waals surface area contributed by atoms with Gasteiger partial charge in [0.25, 0.3) is 0 Å². The molecule has 0 bridgehead atoms. The first-order valence-electron chi connectivity index (χ1n) is 17.2. The summed E-state index contributed by atoms with van der Waals surface area (Å²) in [5.74, 6) is 0. The summed E-state index contributed by atoms with van der Waals surface area (Å²) in [6.07, 6.45) is 0. The first-order chi connectivity index (χ1) is 24.8. The molecule has 0 aliphatic carbocycles. The molecular weight excluding hydrogens is 623 g/mol. The number of hydrogen-bond acceptors (Lipinski definition) is 1. The fourth-order valence-corrected chi connectivity index (χ4v) is 9.47. The van der Waals surface area contributed by atoms with Gasteiger partial charge in [0, 0.05) is 36.6 Å². The van der Waals surface area contributed by atoms with Gasteiger partial charge < -0.3 is 4.57 Å². The van der Waals surface area contributed by atoms with E-state index in [0.29, 0.717) is 0 Å². The highest BCUT2D eigenvalue weighted by Crippen LogP contribution is 2.46. The summed E-state index contributed by atoms with van der Waals surface area (Å²) in [7, 11) is 0. The highest BCUT2D eigenvalue weighted by atomic mass is 32.1. The number of para-hydroxylation sites is 2. The van der Waals surface area contributed by atoms with E-state index >= 15 is 0 Å². The van der Waals surface area contributed by atoms with Crippen LogP contribution in [0.3, 0.4) is 0 Å². The molecule has 232 valence electrons. The van der Waals surface area contributed by atoms with Crippen LogP contribution in [0.2, 0.25) is 0 Å². The normalized spacial score (nSPS) is 12.0. The molecule has 0 atom stereocenters. The first-order valence-corrected chi connectivity index (χ1v) is 18.0. The lowest BCUT2D eigenvalue weighted by Crippen LogP contribution is -1.94. The molecule has 0 N–H and O–H groups in total. The Morgan fingerprint density at radius 1 is 0.320 bits per heavy atom. The van der Waals surface area contributed by atoms with Gasteiger partial charge in [-0.05, 0) is 103 Å². The maximum Gasteiger partial charge on any atom is 0.0547 e. The molecule has 0 saturated heterocycles. The molecule has 11 aromatic rings. The van der Waals surface area contributed by atoms with Crippen molar-refractivity contribution in [3.8, 4) is 27.9 Å². The maximum absolute atomic E-state index is 2.43. The van der Waals surface area contributed by atoms with Crippen LogP contribution in [0.1, 0.15) is 0 Å². The quantitative estimate of drug-likeness (QED) is 0.168. The zero-order chi connectivity index (χ0) is 32.8. The van der Waals surface area contributed by atoms with Gasteiger partial charge in [0.05, 0.1) is 11.0 Å². The third-order valence-electron chi connectivity index (χ3n) is 10.5. The summed E-state index contributed by atoms with van der Waals surface area (Å²) in [5.41, 5.74) is 8.66. The van der Waals surface area contributed by atoms with Crippen LogP contribution >= 0.6 is 11.3 Å². The standard InChI is InChI=1S/C48H29NS/c1-2-14-34(15-3-1)49-43-21-11-10-16-35(43)36-24-22-33(28-44(36)49)48-39-19-8-6-17-37(39)47(38-18-7-9-20-40(38)48)32-23-25-45-41(27-32)42-26-30-12-4-5-13-31(30)29-46(42)50-45/h1-29H. The van der Waals surface area contributed by atoms with Crippen molar-refractivity contribution >= 4 is 85.6 Å². The van der Waals surface area contributed by atoms with Gasteiger partial charge in [0.1, 0.15) is 0 Å². The van der Waals surface area contributed by atoms with Crippen LogP contribution in [0.5, 0.6) is 0 Å². The Morgan fingerprint density at radius 2 is 0.840 bits per heavy atom. The molecule has 11 rings (SSSR count). The van der Waals surface area contributed by atoms with Crippen LogP contribution in [-0.4, -0.2) is 4.57 Å². The van der Waals surface area contributed by atoms with Gasteiger partial charge >= 0.3 is 0 Å². The molecular formula is C48H29NS. The Labute approximate surface area is 292 Å². The third kappa shape index (κ3) is 4.00. The van der Waals surface area contributed by atoms with Crippen LogP contribution < -0.4 is 0 Å². The molecule has 0 saturated carbocycles. The Hall–Kier alpha value is -6.22. The number of thiophene rings is 1. The van der Waals surface area contributed by atoms with Crippen LogP contribution in [0.4, 0.5) is 0 Å². The van der Waals surface area contributed by atoms with Gasteiger partial charge in [0.15, 0.2) is 0 Å². The molecule has 0 aliphatic heterocycles. The van der Waals surface area contributed by atoms with Crippen molar-refractivity contribution < 1.29 is 0 Å². The van der Waals surface area contributed by atoms with Crippen LogP contribution in [0.15, 0.2) is 176 Å². The minimum Gasteiger partial charge on any atom is -0.309 e. The van der Waals surface area contributed by atoms with E-state index in [4.69, 9.17) is 0 Å². The molecule has 2 heteroatoms. The summed E-state index contributed by atoms with van der Waals surface area (Å²) < 4.78 is 5.08. The summed E-state index contributed by atoms with van der Waals surface area (Å²) in [6.45, 7) is 0. The minimum absolute atomic E-state index is 1.17. The monoisotopic (exact) mass is 651 g/mol. The molecule has 0 amide bonds. The summed E-state index contributed by atoms with van der Waals surface area (Å²) in [5, 5.41) is 12.9. The van der Waals surface area contributed by atoms with E-state index in [2.05, 4.69) is 180 Å². The molecule has 0 unspecified atom stereocenters. The fourth-order valence-electron chi connectivity index (χ4n) is 8.35. The number of fused-ring (bicyclic) bond motifs is 9. The van der Waals surface area contributed by atoms with Gasteiger partial charge in [-0.2, -0.15) is 0 Å². The van der Waals surface area contributed by atoms with E-state index in [9.17, 15) is 0 Å². The molecule has 2 heterocycles. The lowest BCUT2D eigenvalue weighted by Gasteiger charge is -2.18. The molecule has 0 fully saturated rings. The van der Waals surface area contributed by atoms with Crippen molar-refractivity contribution in [1.82, 2.24) is 4.57 Å². The minimum atomic E-state index is 1.17. The van der Waals surface area contributed by atoms with E-state index < -0.39 is 0 Å². The molecule has 0 aliphatic rings. The predicted molar refractivity (Wildman–Crippen MR) is 217 cm³/mol. The zero-order valence-corrected chi connectivity index (χ0v) is 27.9. The highest BCUT2D eigenvalue weighted by molar-refractivity contribution is 7.25. The summed E-state index contributed by atoms with van der Waals surface area (Å²) in [6, 6.07) is 65.0. The Bertz CT molecular complexity index is 3090. The number of nitrogens with zero attached hydrogens (tertiary/aromatic N) is 1. The SMILES string of the molecule is c1ccc(-n2c3ccccc3c3ccc(-c4c5ccccc5c(-c5ccc6sc7cc8ccccc8cc7c6c5)c5ccccc45)cc32)cc1. The smallest absolute Gasteiger partial charge is 0.0547 e. The van der Waals surface area contributed by atoms with Crippen LogP contribution in [0, 0.1) is 0 Å². The largest absolute Gasteiger partial charge is 0.309 e. The van der Waals surface area contributed by atoms with E-state index in [1.54, 1.807) is 0 Å². The van der Waals surface area contributed by atoms with Crippen molar-refractivity contribution in [2.75, 3.05) is 0 Å². The van der Waals surface area contributed by atoms with Crippen molar-refractivity contribution in [2.24, 2.45) is 0 Å². The van der Waals surface area contributed by atoms with E-state index in [1.807, 2.05) is 11.3 Å². The fraction of sp³-hybridized carbons (Fsp3) is 0. The highest BCUT2D eigenvalue weighted by Gasteiger charge is 2.19. The topological polar surface area (TPSA) is 4.93 Å². The zero-order valence-electron chi connectivity index (χ0n) is 27.1. The molecule has 1 nitrogen and oxygen atoms in total. The van der Waals surface area contributed by atoms with E-state index in [-0.39, 0.29) is 0 Å². The predicted octanol–water partition coefficient (Wildman–Crippen LogP) is 13.9. The second kappa shape index (κ2) is 10.6. The van der Waals surface area contributed by atoms with Crippen molar-refractivity contribution in [2.45, 2.75) is 0 Å². The van der Waals surface area contributed by atoms with Crippen molar-refractivity contribution in [1.29, 1.82) is 0 Å². The Morgan fingerprint density at radius 3 is 1.54 bits per heavy atom. The molecule has 50 heavy (non-hydrogen) atoms. The number of benzene rings is 9. The second-order valence-corrected chi connectivity index (χ2v) is 14.4. The van der Waals surface area contributed by atoms with Gasteiger partial charge in [-0.3, -0.25) is 0 Å². The molecule has 0 spiro atoms. The van der Waals surface area contributed by atoms with Crippen molar-refractivity contribution in [3.63, 3.8) is 0 Å². The molecule has 2 aromatic heterocycles. The summed E-state index contributed by atoms with van der Waals surface area (Å²) in [4.78, 5) is 0. The Kier molecular flexibility index (Phi) is 5.89. The van der Waals surface area contributed by atoms with Gasteiger partial charge in [0.2, 0.25) is 0 Å². The number of rotatable bonds is 3.